The number of hydrogen-bond donors (Lipinski definition) is 0. The molecule has 1 fully saturated rings. The van der Waals surface area contributed by atoms with Crippen LogP contribution in [0.3, 0.4) is 0 Å². The maximum atomic E-state index is 5.96. The van der Waals surface area contributed by atoms with Crippen LogP contribution < -0.4 is 0 Å². The number of aryl methyl sites for hydroxylation is 1. The van der Waals surface area contributed by atoms with Crippen LogP contribution in [0.4, 0.5) is 0 Å². The normalized spacial score (nSPS) is 23.3. The highest BCUT2D eigenvalue weighted by molar-refractivity contribution is 6.30. The minimum atomic E-state index is 0.758. The first kappa shape index (κ1) is 19.6. The molecular weight excluding hydrogens is 360 g/mol. The van der Waals surface area contributed by atoms with E-state index in [4.69, 9.17) is 11.6 Å². The lowest BCUT2D eigenvalue weighted by Crippen LogP contribution is -2.28. The van der Waals surface area contributed by atoms with Crippen molar-refractivity contribution in [2.24, 2.45) is 11.8 Å². The van der Waals surface area contributed by atoms with Crippen LogP contribution in [-0.4, -0.2) is 0 Å². The van der Waals surface area contributed by atoms with E-state index >= 15 is 0 Å². The maximum Gasteiger partial charge on any atom is 0.0406 e. The summed E-state index contributed by atoms with van der Waals surface area (Å²) in [6, 6.07) is 14.7. The predicted octanol–water partition coefficient (Wildman–Crippen LogP) is 7.77. The molecule has 2 aromatic rings. The van der Waals surface area contributed by atoms with E-state index in [1.807, 2.05) is 24.3 Å². The largest absolute Gasteiger partial charge is 0.0843 e. The van der Waals surface area contributed by atoms with Crippen molar-refractivity contribution in [1.29, 1.82) is 0 Å². The van der Waals surface area contributed by atoms with Gasteiger partial charge in [-0.1, -0.05) is 62.1 Å². The first-order valence-electron chi connectivity index (χ1n) is 11.1. The summed E-state index contributed by atoms with van der Waals surface area (Å²) in [6.45, 7) is 2.31. The van der Waals surface area contributed by atoms with Crippen LogP contribution in [0.1, 0.15) is 86.5 Å². The van der Waals surface area contributed by atoms with Crippen LogP contribution in [0.2, 0.25) is 5.02 Å². The molecule has 4 rings (SSSR count). The molecule has 0 nitrogen and oxygen atoms in total. The highest BCUT2D eigenvalue weighted by Crippen LogP contribution is 2.48. The third kappa shape index (κ3) is 4.64. The third-order valence-electron chi connectivity index (χ3n) is 6.83. The van der Waals surface area contributed by atoms with Crippen molar-refractivity contribution in [1.82, 2.24) is 0 Å². The average Bonchev–Trinajstić information content (AvgIpc) is 2.73. The van der Waals surface area contributed by atoms with Crippen molar-refractivity contribution in [2.45, 2.75) is 70.6 Å². The Bertz CT molecular complexity index is 852. The fourth-order valence-electron chi connectivity index (χ4n) is 5.32. The molecule has 0 N–H and O–H groups in total. The lowest BCUT2D eigenvalue weighted by atomic mass is 9.64. The molecule has 1 heteroatoms. The Morgan fingerprint density at radius 1 is 0.929 bits per heavy atom. The van der Waals surface area contributed by atoms with Gasteiger partial charge in [-0.3, -0.25) is 0 Å². The molecule has 0 aliphatic heterocycles. The highest BCUT2D eigenvalue weighted by Gasteiger charge is 2.34. The Kier molecular flexibility index (Phi) is 6.43. The summed E-state index contributed by atoms with van der Waals surface area (Å²) < 4.78 is 0. The summed E-state index contributed by atoms with van der Waals surface area (Å²) in [5, 5.41) is 0.758. The second-order valence-electron chi connectivity index (χ2n) is 8.75. The molecule has 0 heterocycles. The van der Waals surface area contributed by atoms with Gasteiger partial charge in [-0.15, -0.1) is 0 Å². The Labute approximate surface area is 175 Å². The summed E-state index contributed by atoms with van der Waals surface area (Å²) in [6.07, 6.45) is 12.5. The molecule has 0 radical (unpaired) electrons. The highest BCUT2D eigenvalue weighted by atomic mass is 35.5. The van der Waals surface area contributed by atoms with Gasteiger partial charge in [0.1, 0.15) is 0 Å². The molecule has 1 saturated carbocycles. The monoisotopic (exact) mass is 390 g/mol. The molecule has 2 aliphatic rings. The van der Waals surface area contributed by atoms with Gasteiger partial charge >= 0.3 is 0 Å². The minimum Gasteiger partial charge on any atom is -0.0843 e. The van der Waals surface area contributed by atoms with Crippen molar-refractivity contribution in [3.05, 3.63) is 69.7 Å². The number of rotatable bonds is 4. The summed E-state index contributed by atoms with van der Waals surface area (Å²) in [5.41, 5.74) is 5.33. The van der Waals surface area contributed by atoms with E-state index < -0.39 is 0 Å². The third-order valence-corrected chi connectivity index (χ3v) is 7.08. The maximum absolute atomic E-state index is 5.96. The molecule has 0 amide bonds. The zero-order valence-corrected chi connectivity index (χ0v) is 17.8. The van der Waals surface area contributed by atoms with Crippen LogP contribution >= 0.6 is 11.6 Å². The lowest BCUT2D eigenvalue weighted by Gasteiger charge is -2.40. The number of halogens is 1. The van der Waals surface area contributed by atoms with Gasteiger partial charge in [0.25, 0.3) is 0 Å². The topological polar surface area (TPSA) is 0 Å². The van der Waals surface area contributed by atoms with E-state index in [-0.39, 0.29) is 0 Å². The predicted molar refractivity (Wildman–Crippen MR) is 120 cm³/mol. The van der Waals surface area contributed by atoms with Crippen LogP contribution in [0.5, 0.6) is 0 Å². The fraction of sp³-hybridized carbons (Fsp3) is 0.481. The Balaban J connectivity index is 1.44. The zero-order valence-electron chi connectivity index (χ0n) is 17.0. The van der Waals surface area contributed by atoms with Crippen molar-refractivity contribution < 1.29 is 0 Å². The van der Waals surface area contributed by atoms with Crippen LogP contribution in [0, 0.1) is 23.7 Å². The standard InChI is InChI=1S/C27H31Cl/c1-2-3-4-5-21-10-16-26-23(18-21)12-13-24-19-22(11-17-27(24)26)7-6-20-8-14-25(28)15-9-20/h8-9,11,14-15,17,19,21,23,26H,2-5,10,12-13,16,18H2,1H3/t21-,23-,26+/m1/s1. The number of hydrogen-bond acceptors (Lipinski definition) is 0. The first-order valence-corrected chi connectivity index (χ1v) is 11.5. The minimum absolute atomic E-state index is 0.758. The summed E-state index contributed by atoms with van der Waals surface area (Å²) in [7, 11) is 0. The van der Waals surface area contributed by atoms with Crippen molar-refractivity contribution >= 4 is 11.6 Å². The van der Waals surface area contributed by atoms with Crippen molar-refractivity contribution in [3.63, 3.8) is 0 Å². The van der Waals surface area contributed by atoms with E-state index in [2.05, 4.69) is 37.0 Å². The van der Waals surface area contributed by atoms with Gasteiger partial charge in [0, 0.05) is 16.1 Å². The van der Waals surface area contributed by atoms with Crippen LogP contribution in [-0.2, 0) is 6.42 Å². The van der Waals surface area contributed by atoms with E-state index in [0.717, 1.165) is 33.9 Å². The number of unbranched alkanes of at least 4 members (excludes halogenated alkanes) is 2. The SMILES string of the molecule is CCCCC[C@@H]1CC[C@@H]2c3ccc(C#Cc4ccc(Cl)cc4)cc3CC[C@@H]2C1. The van der Waals surface area contributed by atoms with E-state index in [1.165, 1.54) is 57.8 Å². The molecular formula is C27H31Cl. The lowest BCUT2D eigenvalue weighted by molar-refractivity contribution is 0.199. The summed E-state index contributed by atoms with van der Waals surface area (Å²) in [4.78, 5) is 0. The van der Waals surface area contributed by atoms with Gasteiger partial charge in [0.2, 0.25) is 0 Å². The molecule has 28 heavy (non-hydrogen) atoms. The Hall–Kier alpha value is -1.71. The molecule has 2 aliphatic carbocycles. The van der Waals surface area contributed by atoms with Gasteiger partial charge in [0.05, 0.1) is 0 Å². The van der Waals surface area contributed by atoms with E-state index in [9.17, 15) is 0 Å². The molecule has 146 valence electrons. The first-order chi connectivity index (χ1) is 13.7. The van der Waals surface area contributed by atoms with Crippen LogP contribution in [0.15, 0.2) is 42.5 Å². The molecule has 0 unspecified atom stereocenters. The smallest absolute Gasteiger partial charge is 0.0406 e. The fourth-order valence-corrected chi connectivity index (χ4v) is 5.44. The second-order valence-corrected chi connectivity index (χ2v) is 9.19. The quantitative estimate of drug-likeness (QED) is 0.369. The van der Waals surface area contributed by atoms with Gasteiger partial charge in [-0.05, 0) is 97.4 Å². The summed E-state index contributed by atoms with van der Waals surface area (Å²) in [5.74, 6) is 9.31. The summed E-state index contributed by atoms with van der Waals surface area (Å²) >= 11 is 5.96. The van der Waals surface area contributed by atoms with Crippen LogP contribution in [0.25, 0.3) is 0 Å². The van der Waals surface area contributed by atoms with Gasteiger partial charge < -0.3 is 0 Å². The number of benzene rings is 2. The van der Waals surface area contributed by atoms with Crippen molar-refractivity contribution in [2.75, 3.05) is 0 Å². The van der Waals surface area contributed by atoms with E-state index in [0.29, 0.717) is 0 Å². The van der Waals surface area contributed by atoms with E-state index in [1.54, 1.807) is 11.1 Å². The molecule has 0 saturated heterocycles. The number of fused-ring (bicyclic) bond motifs is 3. The average molecular weight is 391 g/mol. The molecule has 0 aromatic heterocycles. The molecule has 3 atom stereocenters. The molecule has 0 spiro atoms. The van der Waals surface area contributed by atoms with Crippen molar-refractivity contribution in [3.8, 4) is 11.8 Å². The Morgan fingerprint density at radius 2 is 1.71 bits per heavy atom. The molecule has 0 bridgehead atoms. The molecule has 2 aromatic carbocycles. The van der Waals surface area contributed by atoms with Gasteiger partial charge in [-0.2, -0.15) is 0 Å². The van der Waals surface area contributed by atoms with Gasteiger partial charge in [0.15, 0.2) is 0 Å². The Morgan fingerprint density at radius 3 is 2.54 bits per heavy atom. The van der Waals surface area contributed by atoms with Gasteiger partial charge in [-0.25, -0.2) is 0 Å². The zero-order chi connectivity index (χ0) is 19.3. The second kappa shape index (κ2) is 9.19.